The lowest BCUT2D eigenvalue weighted by atomic mass is 10.2. The molecule has 1 heterocycles. The van der Waals surface area contributed by atoms with Crippen LogP contribution in [-0.2, 0) is 6.54 Å². The Morgan fingerprint density at radius 3 is 2.61 bits per heavy atom. The van der Waals surface area contributed by atoms with Gasteiger partial charge in [-0.1, -0.05) is 29.8 Å². The summed E-state index contributed by atoms with van der Waals surface area (Å²) in [5.74, 6) is -0.932. The third kappa shape index (κ3) is 3.45. The summed E-state index contributed by atoms with van der Waals surface area (Å²) in [7, 11) is 0. The van der Waals surface area contributed by atoms with Crippen molar-refractivity contribution in [1.29, 1.82) is 0 Å². The van der Waals surface area contributed by atoms with Gasteiger partial charge in [0.15, 0.2) is 18.9 Å². The molecule has 0 bridgehead atoms. The van der Waals surface area contributed by atoms with E-state index in [-0.39, 0.29) is 18.0 Å². The van der Waals surface area contributed by atoms with Gasteiger partial charge in [-0.05, 0) is 12.1 Å². The molecule has 1 N–H and O–H groups in total. The first-order valence-electron chi connectivity index (χ1n) is 5.12. The van der Waals surface area contributed by atoms with Crippen LogP contribution in [0, 0.1) is 0 Å². The minimum absolute atomic E-state index is 0. The Balaban J connectivity index is 0.00000162. The highest BCUT2D eigenvalue weighted by Gasteiger charge is 2.10. The Bertz CT molecular complexity index is 558. The molecule has 0 aliphatic carbocycles. The predicted molar refractivity (Wildman–Crippen MR) is 64.2 cm³/mol. The molecule has 0 radical (unpaired) electrons. The average Bonchev–Trinajstić information content (AvgIpc) is 2.32. The molecule has 0 saturated heterocycles. The van der Waals surface area contributed by atoms with E-state index in [9.17, 15) is 4.79 Å². The van der Waals surface area contributed by atoms with Gasteiger partial charge < -0.3 is 17.5 Å². The first-order valence-corrected chi connectivity index (χ1v) is 5.50. The largest absolute Gasteiger partial charge is 1.00 e. The van der Waals surface area contributed by atoms with Gasteiger partial charge in [-0.25, -0.2) is 4.79 Å². The number of pyridine rings is 1. The number of aromatic nitrogens is 1. The van der Waals surface area contributed by atoms with Gasteiger partial charge in [0, 0.05) is 11.6 Å². The molecular formula is C13H11Cl2NO2. The van der Waals surface area contributed by atoms with Gasteiger partial charge >= 0.3 is 5.97 Å². The lowest BCUT2D eigenvalue weighted by molar-refractivity contribution is -0.688. The Kier molecular flexibility index (Phi) is 5.13. The summed E-state index contributed by atoms with van der Waals surface area (Å²) in [6.45, 7) is 0.556. The molecule has 0 atom stereocenters. The molecule has 1 aromatic carbocycles. The standard InChI is InChI=1S/C13H10ClNO2.ClH/c14-12-6-2-1-4-10(12)8-15-7-3-5-11(9-15)13(16)17;/h1-7,9H,8H2;1H. The fourth-order valence-corrected chi connectivity index (χ4v) is 1.77. The fraction of sp³-hybridized carbons (Fsp3) is 0.0769. The second-order valence-corrected chi connectivity index (χ2v) is 4.07. The van der Waals surface area contributed by atoms with E-state index < -0.39 is 5.97 Å². The van der Waals surface area contributed by atoms with Crippen LogP contribution < -0.4 is 17.0 Å². The molecular weight excluding hydrogens is 273 g/mol. The molecule has 0 aliphatic rings. The monoisotopic (exact) mass is 283 g/mol. The van der Waals surface area contributed by atoms with Gasteiger partial charge in [0.2, 0.25) is 0 Å². The molecule has 0 unspecified atom stereocenters. The molecule has 2 rings (SSSR count). The average molecular weight is 284 g/mol. The molecule has 0 amide bonds. The van der Waals surface area contributed by atoms with Crippen LogP contribution in [0.4, 0.5) is 0 Å². The van der Waals surface area contributed by atoms with E-state index >= 15 is 0 Å². The number of rotatable bonds is 3. The number of nitrogens with zero attached hydrogens (tertiary/aromatic N) is 1. The Hall–Kier alpha value is -1.58. The number of halogens is 2. The summed E-state index contributed by atoms with van der Waals surface area (Å²) < 4.78 is 1.80. The van der Waals surface area contributed by atoms with Crippen molar-refractivity contribution in [2.75, 3.05) is 0 Å². The normalized spacial score (nSPS) is 9.61. The summed E-state index contributed by atoms with van der Waals surface area (Å²) in [6.07, 6.45) is 3.40. The third-order valence-corrected chi connectivity index (χ3v) is 2.78. The van der Waals surface area contributed by atoms with E-state index in [0.717, 1.165) is 5.56 Å². The number of carboxylic acid groups (broad SMARTS) is 1. The maximum Gasteiger partial charge on any atom is 0.341 e. The van der Waals surface area contributed by atoms with Crippen LogP contribution in [0.5, 0.6) is 0 Å². The van der Waals surface area contributed by atoms with Crippen molar-refractivity contribution in [2.24, 2.45) is 0 Å². The van der Waals surface area contributed by atoms with E-state index in [1.54, 1.807) is 22.9 Å². The fourth-order valence-electron chi connectivity index (χ4n) is 1.57. The number of benzene rings is 1. The minimum atomic E-state index is -0.932. The Morgan fingerprint density at radius 2 is 1.94 bits per heavy atom. The summed E-state index contributed by atoms with van der Waals surface area (Å²) in [4.78, 5) is 10.8. The first-order chi connectivity index (χ1) is 8.16. The van der Waals surface area contributed by atoms with Crippen LogP contribution in [0.3, 0.4) is 0 Å². The SMILES string of the molecule is O=C(O)c1ccc[n+](Cc2ccccc2Cl)c1.[Cl-]. The maximum absolute atomic E-state index is 10.8. The van der Waals surface area contributed by atoms with Crippen molar-refractivity contribution in [3.63, 3.8) is 0 Å². The minimum Gasteiger partial charge on any atom is -1.00 e. The summed E-state index contributed by atoms with van der Waals surface area (Å²) in [5, 5.41) is 9.57. The highest BCUT2D eigenvalue weighted by atomic mass is 35.5. The van der Waals surface area contributed by atoms with Crippen LogP contribution >= 0.6 is 11.6 Å². The van der Waals surface area contributed by atoms with Gasteiger partial charge in [0.05, 0.1) is 5.02 Å². The summed E-state index contributed by atoms with van der Waals surface area (Å²) in [6, 6.07) is 10.8. The second kappa shape index (κ2) is 6.38. The second-order valence-electron chi connectivity index (χ2n) is 3.66. The van der Waals surface area contributed by atoms with E-state index in [2.05, 4.69) is 0 Å². The molecule has 1 aromatic heterocycles. The van der Waals surface area contributed by atoms with Gasteiger partial charge in [-0.3, -0.25) is 0 Å². The molecule has 0 aliphatic heterocycles. The van der Waals surface area contributed by atoms with E-state index in [0.29, 0.717) is 11.6 Å². The van der Waals surface area contributed by atoms with E-state index in [4.69, 9.17) is 16.7 Å². The van der Waals surface area contributed by atoms with E-state index in [1.165, 1.54) is 0 Å². The van der Waals surface area contributed by atoms with Crippen LogP contribution in [-0.4, -0.2) is 11.1 Å². The van der Waals surface area contributed by atoms with Gasteiger partial charge in [-0.2, -0.15) is 4.57 Å². The Labute approximate surface area is 116 Å². The van der Waals surface area contributed by atoms with Crippen molar-refractivity contribution >= 4 is 17.6 Å². The number of hydrogen-bond acceptors (Lipinski definition) is 1. The molecule has 3 nitrogen and oxygen atoms in total. The van der Waals surface area contributed by atoms with Crippen molar-refractivity contribution in [1.82, 2.24) is 0 Å². The number of carbonyl (C=O) groups is 1. The zero-order valence-electron chi connectivity index (χ0n) is 9.38. The van der Waals surface area contributed by atoms with Crippen LogP contribution in [0.1, 0.15) is 15.9 Å². The highest BCUT2D eigenvalue weighted by molar-refractivity contribution is 6.31. The number of aromatic carboxylic acids is 1. The summed E-state index contributed by atoms with van der Waals surface area (Å²) >= 11 is 6.05. The van der Waals surface area contributed by atoms with Crippen LogP contribution in [0.15, 0.2) is 48.8 Å². The van der Waals surface area contributed by atoms with Gasteiger partial charge in [0.25, 0.3) is 0 Å². The van der Waals surface area contributed by atoms with Gasteiger partial charge in [0.1, 0.15) is 5.56 Å². The number of hydrogen-bond donors (Lipinski definition) is 1. The van der Waals surface area contributed by atoms with Crippen LogP contribution in [0.2, 0.25) is 5.02 Å². The molecule has 0 fully saturated rings. The van der Waals surface area contributed by atoms with Crippen LogP contribution in [0.25, 0.3) is 0 Å². The first kappa shape index (κ1) is 14.5. The quantitative estimate of drug-likeness (QED) is 0.763. The van der Waals surface area contributed by atoms with Crippen molar-refractivity contribution in [2.45, 2.75) is 6.54 Å². The number of carboxylic acids is 1. The molecule has 94 valence electrons. The smallest absolute Gasteiger partial charge is 0.341 e. The van der Waals surface area contributed by atoms with E-state index in [1.807, 2.05) is 30.5 Å². The van der Waals surface area contributed by atoms with Gasteiger partial charge in [-0.15, -0.1) is 0 Å². The Morgan fingerprint density at radius 1 is 1.22 bits per heavy atom. The molecule has 0 spiro atoms. The zero-order valence-corrected chi connectivity index (χ0v) is 10.9. The topological polar surface area (TPSA) is 41.2 Å². The van der Waals surface area contributed by atoms with Crippen molar-refractivity contribution in [3.8, 4) is 0 Å². The van der Waals surface area contributed by atoms with Crippen molar-refractivity contribution < 1.29 is 26.9 Å². The molecule has 18 heavy (non-hydrogen) atoms. The molecule has 5 heteroatoms. The summed E-state index contributed by atoms with van der Waals surface area (Å²) in [5.41, 5.74) is 1.22. The lowest BCUT2D eigenvalue weighted by Crippen LogP contribution is -3.00. The maximum atomic E-state index is 10.8. The zero-order chi connectivity index (χ0) is 12.3. The lowest BCUT2D eigenvalue weighted by Gasteiger charge is -2.00. The van der Waals surface area contributed by atoms with Crippen molar-refractivity contribution in [3.05, 3.63) is 64.9 Å². The third-order valence-electron chi connectivity index (χ3n) is 2.42. The molecule has 0 saturated carbocycles. The predicted octanol–water partition coefficient (Wildman–Crippen LogP) is -0.622. The highest BCUT2D eigenvalue weighted by Crippen LogP contribution is 2.14. The molecule has 2 aromatic rings.